The van der Waals surface area contributed by atoms with E-state index in [4.69, 9.17) is 37.9 Å². The molecule has 0 aromatic carbocycles. The second kappa shape index (κ2) is 65.3. The molecule has 686 valence electrons. The third kappa shape index (κ3) is 53.6. The van der Waals surface area contributed by atoms with Gasteiger partial charge in [0.25, 0.3) is 0 Å². The maximum atomic E-state index is 13.2. The highest BCUT2D eigenvalue weighted by molar-refractivity contribution is 5.75. The third-order valence-electron chi connectivity index (χ3n) is 26.8. The van der Waals surface area contributed by atoms with Gasteiger partial charge in [0.1, 0.15) is 52.9 Å². The molecule has 0 heterocycles. The van der Waals surface area contributed by atoms with E-state index < -0.39 is 23.9 Å². The maximum Gasteiger partial charge on any atom is 0.309 e. The Balaban J connectivity index is 1.24. The van der Waals surface area contributed by atoms with Gasteiger partial charge >= 0.3 is 47.8 Å². The summed E-state index contributed by atoms with van der Waals surface area (Å²) >= 11 is 0. The van der Waals surface area contributed by atoms with Crippen LogP contribution in [-0.2, 0) is 76.3 Å². The maximum absolute atomic E-state index is 13.2. The fraction of sp³-hybridized carbons (Fsp3) is 0.919. The molecule has 118 heavy (non-hydrogen) atoms. The van der Waals surface area contributed by atoms with Crippen molar-refractivity contribution in [2.24, 2.45) is 94.7 Å². The van der Waals surface area contributed by atoms with E-state index in [0.717, 1.165) is 163 Å². The number of hydrogen-bond donors (Lipinski definition) is 0. The predicted octanol–water partition coefficient (Wildman–Crippen LogP) is 22.0. The van der Waals surface area contributed by atoms with Crippen LogP contribution in [0.1, 0.15) is 378 Å². The first-order valence-electron chi connectivity index (χ1n) is 49.1. The summed E-state index contributed by atoms with van der Waals surface area (Å²) in [6.07, 6.45) is 47.4. The minimum atomic E-state index is -0.419. The number of nitrogens with zero attached hydrogens (tertiary/aromatic N) is 3. The molecule has 0 aromatic heterocycles. The molecule has 0 aliphatic heterocycles. The van der Waals surface area contributed by atoms with Crippen molar-refractivity contribution < 1.29 is 76.3 Å². The molecule has 4 rings (SSSR count). The Kier molecular flexibility index (Phi) is 58.6. The van der Waals surface area contributed by atoms with Gasteiger partial charge in [-0.25, -0.2) is 0 Å². The highest BCUT2D eigenvalue weighted by atomic mass is 16.6. The van der Waals surface area contributed by atoms with E-state index in [1.165, 1.54) is 154 Å². The van der Waals surface area contributed by atoms with Crippen LogP contribution in [0.25, 0.3) is 0 Å². The first-order chi connectivity index (χ1) is 56.7. The lowest BCUT2D eigenvalue weighted by Gasteiger charge is -2.27. The third-order valence-corrected chi connectivity index (χ3v) is 26.8. The van der Waals surface area contributed by atoms with Crippen LogP contribution in [-0.4, -0.2) is 175 Å². The van der Waals surface area contributed by atoms with Gasteiger partial charge in [-0.2, -0.15) is 0 Å². The zero-order valence-corrected chi connectivity index (χ0v) is 78.0. The summed E-state index contributed by atoms with van der Waals surface area (Å²) in [7, 11) is 2.04. The molecule has 4 unspecified atom stereocenters. The predicted molar refractivity (Wildman–Crippen MR) is 474 cm³/mol. The normalized spacial score (nSPS) is 20.9. The fourth-order valence-corrected chi connectivity index (χ4v) is 18.7. The van der Waals surface area contributed by atoms with Crippen LogP contribution in [0.2, 0.25) is 0 Å². The molecule has 4 saturated carbocycles. The molecule has 0 N–H and O–H groups in total. The zero-order valence-electron chi connectivity index (χ0n) is 78.0. The first-order valence-corrected chi connectivity index (χ1v) is 49.1. The zero-order chi connectivity index (χ0) is 86.1. The molecule has 0 saturated heterocycles. The van der Waals surface area contributed by atoms with Crippen LogP contribution < -0.4 is 0 Å². The van der Waals surface area contributed by atoms with E-state index in [-0.39, 0.29) is 126 Å². The molecular formula is C99H179N3O16. The van der Waals surface area contributed by atoms with Crippen molar-refractivity contribution in [3.8, 4) is 0 Å². The van der Waals surface area contributed by atoms with Crippen molar-refractivity contribution in [1.29, 1.82) is 0 Å². The van der Waals surface area contributed by atoms with Gasteiger partial charge in [-0.1, -0.05) is 237 Å². The molecule has 0 bridgehead atoms. The standard InChI is InChI=1S/C99H179N3O16/c1-76(2)24-14-28-80(9)32-18-36-84-40-48-88(49-41-84)96(107)115-72-68-111-92(103)56-64-101(65-57-93(104)112-69-73-116-97(108)89-50-42-85(43-51-89)37-19-33-81(10)29-15-25-77(3)4)62-22-60-100(13)61-23-63-102(66-58-94(105)113-70-74-117-98(109)90-52-44-86(45-53-90)38-20-34-82(11)30-16-26-78(5)6)67-59-95(106)114-71-75-118-99(110)91-54-46-87(47-55-91)39-21-35-83(12)31-17-27-79(7)8/h76-91H,14-75H2,1-13H3. The lowest BCUT2D eigenvalue weighted by atomic mass is 9.79. The highest BCUT2D eigenvalue weighted by Crippen LogP contribution is 2.38. The van der Waals surface area contributed by atoms with E-state index in [1.54, 1.807) is 0 Å². The van der Waals surface area contributed by atoms with E-state index >= 15 is 0 Å². The second-order valence-electron chi connectivity index (χ2n) is 39.6. The largest absolute Gasteiger partial charge is 0.462 e. The van der Waals surface area contributed by atoms with E-state index in [0.29, 0.717) is 76.0 Å². The summed E-state index contributed by atoms with van der Waals surface area (Å²) in [6, 6.07) is 0. The van der Waals surface area contributed by atoms with Gasteiger partial charge in [0.15, 0.2) is 0 Å². The van der Waals surface area contributed by atoms with Gasteiger partial charge in [-0.15, -0.1) is 0 Å². The molecule has 4 fully saturated rings. The minimum absolute atomic E-state index is 0.00562. The summed E-state index contributed by atoms with van der Waals surface area (Å²) in [6.45, 7) is 31.7. The van der Waals surface area contributed by atoms with Crippen LogP contribution in [0, 0.1) is 94.7 Å². The van der Waals surface area contributed by atoms with Crippen molar-refractivity contribution in [3.05, 3.63) is 0 Å². The quantitative estimate of drug-likeness (QED) is 0.0314. The number of hydrogen-bond acceptors (Lipinski definition) is 19. The summed E-state index contributed by atoms with van der Waals surface area (Å²) in [5.41, 5.74) is 0. The Hall–Kier alpha value is -4.36. The Labute approximate surface area is 720 Å². The van der Waals surface area contributed by atoms with Gasteiger partial charge in [0.2, 0.25) is 0 Å². The molecule has 0 radical (unpaired) electrons. The van der Waals surface area contributed by atoms with E-state index in [1.807, 2.05) is 7.05 Å². The first kappa shape index (κ1) is 106. The monoisotopic (exact) mass is 1670 g/mol. The van der Waals surface area contributed by atoms with Crippen molar-refractivity contribution in [2.45, 2.75) is 378 Å². The number of carbonyl (C=O) groups is 8. The van der Waals surface area contributed by atoms with Crippen LogP contribution in [0.4, 0.5) is 0 Å². The Morgan fingerprint density at radius 1 is 0.237 bits per heavy atom. The number of rotatable bonds is 68. The number of esters is 8. The SMILES string of the molecule is CC(C)CCCC(C)CCCC1CCC(C(=O)OCCOC(=O)CCN(CCCN(C)CCCN(CCC(=O)OCCOC(=O)C2CCC(CCCC(C)CCCC(C)C)CC2)CCC(=O)OCCOC(=O)C2CCC(CCCC(C)CCCC(C)C)CC2)CCC(=O)OCCOC(=O)C2CCC(CCCC(C)CCCC(C)C)CC2)CC1. The Bertz CT molecular complexity index is 2290. The average molecular weight is 1670 g/mol. The lowest BCUT2D eigenvalue weighted by Crippen LogP contribution is -2.34. The van der Waals surface area contributed by atoms with Gasteiger partial charge in [-0.3, -0.25) is 38.4 Å². The smallest absolute Gasteiger partial charge is 0.309 e. The molecule has 4 aliphatic rings. The Morgan fingerprint density at radius 2 is 0.432 bits per heavy atom. The molecule has 0 spiro atoms. The minimum Gasteiger partial charge on any atom is -0.462 e. The number of carbonyl (C=O) groups excluding carboxylic acids is 8. The molecule has 19 heteroatoms. The second-order valence-corrected chi connectivity index (χ2v) is 39.6. The van der Waals surface area contributed by atoms with Crippen molar-refractivity contribution in [3.63, 3.8) is 0 Å². The van der Waals surface area contributed by atoms with Crippen molar-refractivity contribution in [1.82, 2.24) is 14.7 Å². The molecular weight excluding hydrogens is 1490 g/mol. The average Bonchev–Trinajstić information content (AvgIpc) is 0.897. The summed E-state index contributed by atoms with van der Waals surface area (Å²) in [5, 5.41) is 0. The topological polar surface area (TPSA) is 220 Å². The van der Waals surface area contributed by atoms with Gasteiger partial charge in [-0.05, 0) is 220 Å². The van der Waals surface area contributed by atoms with Crippen LogP contribution in [0.3, 0.4) is 0 Å². The molecule has 19 nitrogen and oxygen atoms in total. The molecule has 0 aromatic rings. The lowest BCUT2D eigenvalue weighted by molar-refractivity contribution is -0.156. The number of ether oxygens (including phenoxy) is 8. The van der Waals surface area contributed by atoms with Crippen LogP contribution >= 0.6 is 0 Å². The van der Waals surface area contributed by atoms with E-state index in [9.17, 15) is 38.4 Å². The fourth-order valence-electron chi connectivity index (χ4n) is 18.7. The molecule has 4 aliphatic carbocycles. The van der Waals surface area contributed by atoms with Crippen LogP contribution in [0.15, 0.2) is 0 Å². The molecule has 4 atom stereocenters. The van der Waals surface area contributed by atoms with Gasteiger partial charge < -0.3 is 52.6 Å². The summed E-state index contributed by atoms with van der Waals surface area (Å²) in [5.74, 6) is 5.77. The van der Waals surface area contributed by atoms with Crippen molar-refractivity contribution in [2.75, 3.05) is 112 Å². The Morgan fingerprint density at radius 3 is 0.636 bits per heavy atom. The van der Waals surface area contributed by atoms with Crippen molar-refractivity contribution >= 4 is 47.8 Å². The molecule has 0 amide bonds. The van der Waals surface area contributed by atoms with Gasteiger partial charge in [0, 0.05) is 26.2 Å². The van der Waals surface area contributed by atoms with E-state index in [2.05, 4.69) is 97.8 Å². The van der Waals surface area contributed by atoms with Crippen LogP contribution in [0.5, 0.6) is 0 Å². The summed E-state index contributed by atoms with van der Waals surface area (Å²) < 4.78 is 44.9. The summed E-state index contributed by atoms with van der Waals surface area (Å²) in [4.78, 5) is 112. The van der Waals surface area contributed by atoms with Gasteiger partial charge in [0.05, 0.1) is 49.4 Å². The highest BCUT2D eigenvalue weighted by Gasteiger charge is 2.32.